The molecule has 3 heteroatoms. The lowest BCUT2D eigenvalue weighted by atomic mass is 9.91. The molecule has 0 aliphatic heterocycles. The molecule has 0 fully saturated rings. The third-order valence-electron chi connectivity index (χ3n) is 1.29. The molecular weight excluding hydrogens is 137 g/mol. The van der Waals surface area contributed by atoms with Gasteiger partial charge in [-0.05, 0) is 5.56 Å². The third kappa shape index (κ3) is 2.11. The molecule has 0 saturated heterocycles. The molecule has 1 aromatic carbocycles. The first-order valence-electron chi connectivity index (χ1n) is 3.25. The molecule has 2 nitrogen and oxygen atoms in total. The molecule has 0 heterocycles. The molecular formula is C8H8BNO. The van der Waals surface area contributed by atoms with Gasteiger partial charge in [0.1, 0.15) is 15.0 Å². The SMILES string of the molecule is [B]c1ccccc1/C=N/OC. The van der Waals surface area contributed by atoms with Crippen molar-refractivity contribution in [3.05, 3.63) is 29.8 Å². The summed E-state index contributed by atoms with van der Waals surface area (Å²) in [6.07, 6.45) is 1.58. The van der Waals surface area contributed by atoms with Crippen LogP contribution in [0.25, 0.3) is 0 Å². The number of hydrogen-bond donors (Lipinski definition) is 0. The minimum Gasteiger partial charge on any atom is -0.399 e. The standard InChI is InChI=1S/C8H8BNO/c1-11-10-6-7-4-2-3-5-8(7)9/h2-6H,1H3/b10-6+. The molecule has 54 valence electrons. The Morgan fingerprint density at radius 1 is 1.45 bits per heavy atom. The summed E-state index contributed by atoms with van der Waals surface area (Å²) in [6.45, 7) is 0. The molecule has 0 bridgehead atoms. The van der Waals surface area contributed by atoms with E-state index in [4.69, 9.17) is 7.85 Å². The van der Waals surface area contributed by atoms with Crippen LogP contribution < -0.4 is 5.46 Å². The smallest absolute Gasteiger partial charge is 0.114 e. The summed E-state index contributed by atoms with van der Waals surface area (Å²) < 4.78 is 0. The second kappa shape index (κ2) is 3.81. The molecule has 0 aliphatic rings. The zero-order valence-corrected chi connectivity index (χ0v) is 6.32. The quantitative estimate of drug-likeness (QED) is 0.336. The Bertz CT molecular complexity index is 260. The van der Waals surface area contributed by atoms with Crippen molar-refractivity contribution in [2.24, 2.45) is 5.16 Å². The van der Waals surface area contributed by atoms with E-state index in [0.29, 0.717) is 5.46 Å². The van der Waals surface area contributed by atoms with Crippen molar-refractivity contribution >= 4 is 19.5 Å². The fraction of sp³-hybridized carbons (Fsp3) is 0.125. The number of rotatable bonds is 2. The van der Waals surface area contributed by atoms with E-state index in [2.05, 4.69) is 9.99 Å². The summed E-state index contributed by atoms with van der Waals surface area (Å²) in [5.41, 5.74) is 1.57. The molecule has 0 aromatic heterocycles. The highest BCUT2D eigenvalue weighted by Crippen LogP contribution is 1.89. The maximum atomic E-state index is 5.61. The first kappa shape index (κ1) is 7.86. The van der Waals surface area contributed by atoms with E-state index in [0.717, 1.165) is 5.56 Å². The topological polar surface area (TPSA) is 21.6 Å². The van der Waals surface area contributed by atoms with Crippen LogP contribution in [0.5, 0.6) is 0 Å². The zero-order valence-electron chi connectivity index (χ0n) is 6.32. The van der Waals surface area contributed by atoms with Crippen molar-refractivity contribution in [1.82, 2.24) is 0 Å². The molecule has 0 saturated carbocycles. The highest BCUT2D eigenvalue weighted by molar-refractivity contribution is 6.35. The number of hydrogen-bond acceptors (Lipinski definition) is 2. The summed E-state index contributed by atoms with van der Waals surface area (Å²) in [5.74, 6) is 0. The molecule has 2 radical (unpaired) electrons. The summed E-state index contributed by atoms with van der Waals surface area (Å²) in [5, 5.41) is 3.60. The summed E-state index contributed by atoms with van der Waals surface area (Å²) in [4.78, 5) is 4.51. The second-order valence-corrected chi connectivity index (χ2v) is 2.05. The van der Waals surface area contributed by atoms with Gasteiger partial charge in [0, 0.05) is 0 Å². The minimum atomic E-state index is 0.702. The largest absolute Gasteiger partial charge is 0.399 e. The van der Waals surface area contributed by atoms with Gasteiger partial charge in [-0.25, -0.2) is 0 Å². The van der Waals surface area contributed by atoms with Crippen LogP contribution in [-0.4, -0.2) is 21.2 Å². The lowest BCUT2D eigenvalue weighted by Gasteiger charge is -1.96. The highest BCUT2D eigenvalue weighted by atomic mass is 16.6. The lowest BCUT2D eigenvalue weighted by Crippen LogP contribution is -2.08. The monoisotopic (exact) mass is 145 g/mol. The van der Waals surface area contributed by atoms with Gasteiger partial charge in [0.2, 0.25) is 0 Å². The first-order chi connectivity index (χ1) is 5.34. The first-order valence-corrected chi connectivity index (χ1v) is 3.25. The van der Waals surface area contributed by atoms with E-state index in [1.165, 1.54) is 7.11 Å². The fourth-order valence-corrected chi connectivity index (χ4v) is 0.738. The van der Waals surface area contributed by atoms with Crippen molar-refractivity contribution in [3.8, 4) is 0 Å². The van der Waals surface area contributed by atoms with Crippen LogP contribution in [0.1, 0.15) is 5.56 Å². The molecule has 0 spiro atoms. The Labute approximate surface area is 67.3 Å². The van der Waals surface area contributed by atoms with Gasteiger partial charge < -0.3 is 4.84 Å². The van der Waals surface area contributed by atoms with Crippen molar-refractivity contribution < 1.29 is 4.84 Å². The van der Waals surface area contributed by atoms with E-state index in [-0.39, 0.29) is 0 Å². The Morgan fingerprint density at radius 2 is 2.18 bits per heavy atom. The fourth-order valence-electron chi connectivity index (χ4n) is 0.738. The van der Waals surface area contributed by atoms with Crippen molar-refractivity contribution in [3.63, 3.8) is 0 Å². The van der Waals surface area contributed by atoms with E-state index < -0.39 is 0 Å². The molecule has 1 aromatic rings. The van der Waals surface area contributed by atoms with Crippen LogP contribution in [0.15, 0.2) is 29.4 Å². The summed E-state index contributed by atoms with van der Waals surface area (Å²) in [6, 6.07) is 7.46. The number of nitrogens with zero attached hydrogens (tertiary/aromatic N) is 1. The van der Waals surface area contributed by atoms with Gasteiger partial charge in [0.05, 0.1) is 6.21 Å². The summed E-state index contributed by atoms with van der Waals surface area (Å²) in [7, 11) is 7.11. The second-order valence-electron chi connectivity index (χ2n) is 2.05. The Balaban J connectivity index is 2.86. The van der Waals surface area contributed by atoms with E-state index >= 15 is 0 Å². The van der Waals surface area contributed by atoms with Crippen LogP contribution >= 0.6 is 0 Å². The third-order valence-corrected chi connectivity index (χ3v) is 1.29. The normalized spacial score (nSPS) is 10.3. The minimum absolute atomic E-state index is 0.702. The molecule has 0 N–H and O–H groups in total. The molecule has 1 rings (SSSR count). The van der Waals surface area contributed by atoms with Gasteiger partial charge in [0.15, 0.2) is 0 Å². The van der Waals surface area contributed by atoms with Gasteiger partial charge in [0.25, 0.3) is 0 Å². The average Bonchev–Trinajstić information content (AvgIpc) is 2.03. The molecule has 11 heavy (non-hydrogen) atoms. The van der Waals surface area contributed by atoms with Crippen LogP contribution in [0.2, 0.25) is 0 Å². The highest BCUT2D eigenvalue weighted by Gasteiger charge is 1.89. The summed E-state index contributed by atoms with van der Waals surface area (Å²) >= 11 is 0. The molecule has 0 amide bonds. The maximum absolute atomic E-state index is 5.61. The van der Waals surface area contributed by atoms with Crippen LogP contribution in [0.4, 0.5) is 0 Å². The Morgan fingerprint density at radius 3 is 2.82 bits per heavy atom. The van der Waals surface area contributed by atoms with E-state index in [9.17, 15) is 0 Å². The van der Waals surface area contributed by atoms with E-state index in [1.54, 1.807) is 6.21 Å². The number of benzene rings is 1. The van der Waals surface area contributed by atoms with Crippen LogP contribution in [0, 0.1) is 0 Å². The van der Waals surface area contributed by atoms with Crippen molar-refractivity contribution in [1.29, 1.82) is 0 Å². The molecule has 0 atom stereocenters. The zero-order chi connectivity index (χ0) is 8.10. The van der Waals surface area contributed by atoms with E-state index in [1.807, 2.05) is 24.3 Å². The van der Waals surface area contributed by atoms with Gasteiger partial charge >= 0.3 is 0 Å². The molecule has 0 unspecified atom stereocenters. The van der Waals surface area contributed by atoms with Crippen molar-refractivity contribution in [2.75, 3.05) is 7.11 Å². The predicted molar refractivity (Wildman–Crippen MR) is 46.4 cm³/mol. The van der Waals surface area contributed by atoms with Crippen LogP contribution in [-0.2, 0) is 4.84 Å². The van der Waals surface area contributed by atoms with Gasteiger partial charge in [-0.15, -0.1) is 0 Å². The average molecular weight is 145 g/mol. The van der Waals surface area contributed by atoms with Crippen LogP contribution in [0.3, 0.4) is 0 Å². The maximum Gasteiger partial charge on any atom is 0.114 e. The Hall–Kier alpha value is -1.25. The van der Waals surface area contributed by atoms with Gasteiger partial charge in [-0.3, -0.25) is 0 Å². The van der Waals surface area contributed by atoms with Gasteiger partial charge in [-0.2, -0.15) is 0 Å². The number of oxime groups is 1. The molecule has 0 aliphatic carbocycles. The van der Waals surface area contributed by atoms with Crippen molar-refractivity contribution in [2.45, 2.75) is 0 Å². The Kier molecular flexibility index (Phi) is 2.72. The lowest BCUT2D eigenvalue weighted by molar-refractivity contribution is 0.215. The predicted octanol–water partition coefficient (Wildman–Crippen LogP) is 0.461. The van der Waals surface area contributed by atoms with Gasteiger partial charge in [-0.1, -0.05) is 34.9 Å².